The van der Waals surface area contributed by atoms with E-state index in [0.29, 0.717) is 12.4 Å². The summed E-state index contributed by atoms with van der Waals surface area (Å²) in [5.41, 5.74) is 1.06. The van der Waals surface area contributed by atoms with Crippen LogP contribution in [-0.2, 0) is 20.9 Å². The number of hydrogen-bond donors (Lipinski definition) is 1. The number of carbonyl (C=O) groups is 1. The maximum absolute atomic E-state index is 10.3. The Labute approximate surface area is 100 Å². The van der Waals surface area contributed by atoms with E-state index in [2.05, 4.69) is 0 Å². The summed E-state index contributed by atoms with van der Waals surface area (Å²) in [6.07, 6.45) is 1.77. The maximum atomic E-state index is 10.3. The van der Waals surface area contributed by atoms with Crippen molar-refractivity contribution < 1.29 is 19.4 Å². The van der Waals surface area contributed by atoms with E-state index in [1.54, 1.807) is 6.08 Å². The number of ether oxygens (including phenoxy) is 2. The zero-order valence-electron chi connectivity index (χ0n) is 9.76. The van der Waals surface area contributed by atoms with Crippen molar-refractivity contribution in [3.63, 3.8) is 0 Å². The van der Waals surface area contributed by atoms with Crippen LogP contribution < -0.4 is 0 Å². The Morgan fingerprint density at radius 1 is 1.29 bits per heavy atom. The summed E-state index contributed by atoms with van der Waals surface area (Å²) in [5.74, 6) is -0.349. The third-order valence-electron chi connectivity index (χ3n) is 2.06. The molecule has 92 valence electrons. The highest BCUT2D eigenvalue weighted by Gasteiger charge is 2.01. The predicted molar refractivity (Wildman–Crippen MR) is 63.4 cm³/mol. The van der Waals surface area contributed by atoms with E-state index in [1.165, 1.54) is 0 Å². The Hall–Kier alpha value is -1.81. The normalized spacial score (nSPS) is 11.2. The average molecular weight is 236 g/mol. The number of carboxylic acids is 1. The molecular weight excluding hydrogens is 220 g/mol. The zero-order chi connectivity index (χ0) is 12.5. The minimum absolute atomic E-state index is 0.176. The molecule has 0 amide bonds. The molecule has 0 saturated heterocycles. The molecule has 0 fully saturated rings. The van der Waals surface area contributed by atoms with Crippen LogP contribution in [0.2, 0.25) is 0 Å². The van der Waals surface area contributed by atoms with E-state index in [4.69, 9.17) is 14.6 Å². The van der Waals surface area contributed by atoms with Gasteiger partial charge in [-0.2, -0.15) is 0 Å². The summed E-state index contributed by atoms with van der Waals surface area (Å²) in [7, 11) is 0. The van der Waals surface area contributed by atoms with E-state index in [0.717, 1.165) is 5.56 Å². The van der Waals surface area contributed by atoms with Crippen molar-refractivity contribution in [1.82, 2.24) is 0 Å². The molecule has 0 unspecified atom stereocenters. The van der Waals surface area contributed by atoms with Gasteiger partial charge in [0.05, 0.1) is 0 Å². The van der Waals surface area contributed by atoms with Crippen LogP contribution in [-0.4, -0.2) is 24.3 Å². The lowest BCUT2D eigenvalue weighted by molar-refractivity contribution is -0.142. The van der Waals surface area contributed by atoms with Crippen LogP contribution in [0.25, 0.3) is 0 Å². The molecule has 17 heavy (non-hydrogen) atoms. The first-order chi connectivity index (χ1) is 8.22. The molecule has 1 N–H and O–H groups in total. The number of allylic oxidation sites excluding steroid dienone is 1. The molecule has 0 atom stereocenters. The first kappa shape index (κ1) is 13.3. The number of benzene rings is 1. The molecule has 0 aliphatic rings. The Morgan fingerprint density at radius 2 is 2.00 bits per heavy atom. The summed E-state index contributed by atoms with van der Waals surface area (Å²) < 4.78 is 10.4. The quantitative estimate of drug-likeness (QED) is 0.737. The van der Waals surface area contributed by atoms with Crippen LogP contribution in [0.15, 0.2) is 42.2 Å². The molecular formula is C13H16O4. The molecule has 1 rings (SSSR count). The van der Waals surface area contributed by atoms with Gasteiger partial charge < -0.3 is 14.6 Å². The topological polar surface area (TPSA) is 55.8 Å². The van der Waals surface area contributed by atoms with E-state index >= 15 is 0 Å². The van der Waals surface area contributed by atoms with Gasteiger partial charge in [-0.3, -0.25) is 0 Å². The Balaban J connectivity index is 2.31. The summed E-state index contributed by atoms with van der Waals surface area (Å²) in [6.45, 7) is 2.14. The van der Waals surface area contributed by atoms with E-state index in [9.17, 15) is 4.79 Å². The fourth-order valence-electron chi connectivity index (χ4n) is 1.20. The molecule has 0 aliphatic heterocycles. The molecule has 4 heteroatoms. The van der Waals surface area contributed by atoms with Crippen molar-refractivity contribution in [2.75, 3.05) is 13.2 Å². The van der Waals surface area contributed by atoms with Crippen molar-refractivity contribution in [2.45, 2.75) is 13.5 Å². The lowest BCUT2D eigenvalue weighted by atomic mass is 10.2. The third kappa shape index (κ3) is 5.73. The molecule has 0 aliphatic carbocycles. The highest BCUT2D eigenvalue weighted by molar-refractivity contribution is 5.68. The number of aliphatic carboxylic acids is 1. The van der Waals surface area contributed by atoms with Gasteiger partial charge in [-0.25, -0.2) is 4.79 Å². The van der Waals surface area contributed by atoms with Crippen molar-refractivity contribution in [2.24, 2.45) is 0 Å². The molecule has 4 nitrogen and oxygen atoms in total. The van der Waals surface area contributed by atoms with Gasteiger partial charge in [0.25, 0.3) is 0 Å². The fraction of sp³-hybridized carbons (Fsp3) is 0.308. The van der Waals surface area contributed by atoms with Gasteiger partial charge in [0.15, 0.2) is 0 Å². The SMILES string of the molecule is CC=C(COCC(=O)O)OCc1ccccc1. The number of hydrogen-bond acceptors (Lipinski definition) is 3. The summed E-state index contributed by atoms with van der Waals surface area (Å²) >= 11 is 0. The largest absolute Gasteiger partial charge is 0.491 e. The van der Waals surface area contributed by atoms with Gasteiger partial charge in [0.2, 0.25) is 0 Å². The molecule has 0 radical (unpaired) electrons. The Kier molecular flexibility index (Phi) is 5.82. The van der Waals surface area contributed by atoms with Crippen LogP contribution in [0.4, 0.5) is 0 Å². The standard InChI is InChI=1S/C13H16O4/c1-2-12(9-16-10-13(14)15)17-8-11-6-4-3-5-7-11/h2-7H,8-10H2,1H3,(H,14,15). The van der Waals surface area contributed by atoms with Gasteiger partial charge in [0.1, 0.15) is 25.6 Å². The lowest BCUT2D eigenvalue weighted by Crippen LogP contribution is -2.10. The third-order valence-corrected chi connectivity index (χ3v) is 2.06. The minimum Gasteiger partial charge on any atom is -0.491 e. The van der Waals surface area contributed by atoms with Gasteiger partial charge in [-0.15, -0.1) is 0 Å². The second-order valence-corrected chi connectivity index (χ2v) is 3.42. The molecule has 0 bridgehead atoms. The highest BCUT2D eigenvalue weighted by Crippen LogP contribution is 2.06. The number of rotatable bonds is 7. The minimum atomic E-state index is -0.983. The first-order valence-electron chi connectivity index (χ1n) is 5.34. The van der Waals surface area contributed by atoms with Crippen molar-refractivity contribution in [1.29, 1.82) is 0 Å². The second kappa shape index (κ2) is 7.46. The lowest BCUT2D eigenvalue weighted by Gasteiger charge is -2.10. The highest BCUT2D eigenvalue weighted by atomic mass is 16.5. The summed E-state index contributed by atoms with van der Waals surface area (Å²) in [4.78, 5) is 10.3. The predicted octanol–water partition coefficient (Wildman–Crippen LogP) is 2.21. The van der Waals surface area contributed by atoms with Crippen molar-refractivity contribution in [3.8, 4) is 0 Å². The first-order valence-corrected chi connectivity index (χ1v) is 5.34. The molecule has 0 spiro atoms. The van der Waals surface area contributed by atoms with E-state index in [-0.39, 0.29) is 13.2 Å². The van der Waals surface area contributed by atoms with Crippen LogP contribution in [0.5, 0.6) is 0 Å². The molecule has 0 aromatic heterocycles. The Bertz CT molecular complexity index is 370. The van der Waals surface area contributed by atoms with Crippen LogP contribution in [0.1, 0.15) is 12.5 Å². The monoisotopic (exact) mass is 236 g/mol. The Morgan fingerprint density at radius 3 is 2.59 bits per heavy atom. The van der Waals surface area contributed by atoms with Gasteiger partial charge >= 0.3 is 5.97 Å². The van der Waals surface area contributed by atoms with Crippen LogP contribution in [0, 0.1) is 0 Å². The van der Waals surface area contributed by atoms with Crippen molar-refractivity contribution in [3.05, 3.63) is 47.7 Å². The zero-order valence-corrected chi connectivity index (χ0v) is 9.76. The summed E-state index contributed by atoms with van der Waals surface area (Å²) in [6, 6.07) is 9.75. The molecule has 0 saturated carbocycles. The van der Waals surface area contributed by atoms with Crippen molar-refractivity contribution >= 4 is 5.97 Å². The van der Waals surface area contributed by atoms with Gasteiger partial charge in [0, 0.05) is 0 Å². The smallest absolute Gasteiger partial charge is 0.329 e. The second-order valence-electron chi connectivity index (χ2n) is 3.42. The van der Waals surface area contributed by atoms with Crippen LogP contribution >= 0.6 is 0 Å². The van der Waals surface area contributed by atoms with Crippen LogP contribution in [0.3, 0.4) is 0 Å². The average Bonchev–Trinajstić information content (AvgIpc) is 2.34. The van der Waals surface area contributed by atoms with Gasteiger partial charge in [-0.05, 0) is 18.6 Å². The molecule has 0 heterocycles. The van der Waals surface area contributed by atoms with E-state index in [1.807, 2.05) is 37.3 Å². The molecule has 1 aromatic rings. The van der Waals surface area contributed by atoms with E-state index < -0.39 is 5.97 Å². The molecule has 1 aromatic carbocycles. The fourth-order valence-corrected chi connectivity index (χ4v) is 1.20. The maximum Gasteiger partial charge on any atom is 0.329 e. The number of carboxylic acid groups (broad SMARTS) is 1. The summed E-state index contributed by atoms with van der Waals surface area (Å²) in [5, 5.41) is 8.42. The van der Waals surface area contributed by atoms with Gasteiger partial charge in [-0.1, -0.05) is 30.3 Å².